The highest BCUT2D eigenvalue weighted by atomic mass is 31.2. The molecule has 0 aromatic heterocycles. The minimum Gasteiger partial charge on any atom is -0.872 e. The molecule has 0 bridgehead atoms. The number of hydrogen-bond acceptors (Lipinski definition) is 7. The number of carbonyl (C=O) groups is 2. The maximum absolute atomic E-state index is 12.2. The van der Waals surface area contributed by atoms with Crippen LogP contribution in [0.3, 0.4) is 0 Å². The van der Waals surface area contributed by atoms with E-state index in [0.29, 0.717) is 17.1 Å². The molecule has 0 heterocycles. The summed E-state index contributed by atoms with van der Waals surface area (Å²) in [7, 11) is -2.04. The number of benzene rings is 9. The van der Waals surface area contributed by atoms with E-state index < -0.39 is 23.8 Å². The monoisotopic (exact) mass is 875 g/mol. The first-order valence-electron chi connectivity index (χ1n) is 20.4. The first kappa shape index (κ1) is 44.5. The maximum atomic E-state index is 12.2. The van der Waals surface area contributed by atoms with Crippen LogP contribution in [0.5, 0.6) is 17.2 Å². The molecule has 0 aliphatic heterocycles. The van der Waals surface area contributed by atoms with Crippen LogP contribution in [0.25, 0.3) is 10.8 Å². The number of amides is 2. The number of aromatic hydroxyl groups is 2. The van der Waals surface area contributed by atoms with Gasteiger partial charge in [-0.2, -0.15) is 0 Å². The van der Waals surface area contributed by atoms with Gasteiger partial charge in [0.15, 0.2) is 0 Å². The summed E-state index contributed by atoms with van der Waals surface area (Å²) in [5, 5.41) is 54.3. The maximum Gasteiger partial charge on any atom is 0.270 e. The van der Waals surface area contributed by atoms with Crippen LogP contribution >= 0.6 is 7.26 Å². The number of non-ortho nitro benzene ring substituents is 1. The lowest BCUT2D eigenvalue weighted by Crippen LogP contribution is -2.38. The number of anilines is 2. The van der Waals surface area contributed by atoms with Crippen molar-refractivity contribution in [3.8, 4) is 17.2 Å². The fourth-order valence-electron chi connectivity index (χ4n) is 7.18. The molecule has 11 heteroatoms. The Kier molecular flexibility index (Phi) is 14.4. The summed E-state index contributed by atoms with van der Waals surface area (Å²) in [5.74, 6) is -1.27. The predicted octanol–water partition coefficient (Wildman–Crippen LogP) is 9.73. The number of carbonyl (C=O) groups excluding carboxylic acids is 2. The molecule has 9 rings (SSSR count). The molecule has 10 nitrogen and oxygen atoms in total. The van der Waals surface area contributed by atoms with Gasteiger partial charge in [0.2, 0.25) is 0 Å². The number of fused-ring (bicyclic) bond motifs is 1. The van der Waals surface area contributed by atoms with E-state index in [-0.39, 0.29) is 28.5 Å². The second kappa shape index (κ2) is 21.0. The van der Waals surface area contributed by atoms with Crippen molar-refractivity contribution in [1.82, 2.24) is 0 Å². The summed E-state index contributed by atoms with van der Waals surface area (Å²) in [6, 6.07) is 71.5. The zero-order chi connectivity index (χ0) is 45.6. The quantitative estimate of drug-likeness (QED) is 0.0637. The summed E-state index contributed by atoms with van der Waals surface area (Å²) in [5.41, 5.74) is 0.937. The highest BCUT2D eigenvalue weighted by molar-refractivity contribution is 8.01. The molecule has 0 saturated carbocycles. The Morgan fingerprint density at radius 2 is 0.831 bits per heavy atom. The highest BCUT2D eigenvalue weighted by Crippen LogP contribution is 2.54. The molecule has 0 fully saturated rings. The molecule has 320 valence electrons. The summed E-state index contributed by atoms with van der Waals surface area (Å²) in [4.78, 5) is 34.0. The van der Waals surface area contributed by atoms with Crippen molar-refractivity contribution in [3.63, 3.8) is 0 Å². The van der Waals surface area contributed by atoms with Gasteiger partial charge in [-0.05, 0) is 108 Å². The molecular weight excluding hydrogens is 834 g/mol. The molecule has 0 aliphatic rings. The van der Waals surface area contributed by atoms with Crippen molar-refractivity contribution < 1.29 is 29.8 Å². The van der Waals surface area contributed by atoms with E-state index in [2.05, 4.69) is 114 Å². The van der Waals surface area contributed by atoms with Gasteiger partial charge in [-0.15, -0.1) is 0 Å². The van der Waals surface area contributed by atoms with Crippen LogP contribution in [0.15, 0.2) is 231 Å². The van der Waals surface area contributed by atoms with Crippen LogP contribution in [-0.4, -0.2) is 27.0 Å². The minimum atomic E-state index is -2.04. The Bertz CT molecular complexity index is 2920. The summed E-state index contributed by atoms with van der Waals surface area (Å²) in [6.07, 6.45) is 0. The third-order valence-electron chi connectivity index (χ3n) is 10.3. The van der Waals surface area contributed by atoms with Crippen molar-refractivity contribution in [2.75, 3.05) is 10.6 Å². The Morgan fingerprint density at radius 3 is 1.28 bits per heavy atom. The van der Waals surface area contributed by atoms with Crippen LogP contribution in [0.1, 0.15) is 20.7 Å². The third kappa shape index (κ3) is 10.7. The van der Waals surface area contributed by atoms with E-state index in [4.69, 9.17) is 0 Å². The Hall–Kier alpha value is -8.59. The van der Waals surface area contributed by atoms with Gasteiger partial charge in [0, 0.05) is 29.1 Å². The van der Waals surface area contributed by atoms with E-state index in [9.17, 15) is 35.0 Å². The van der Waals surface area contributed by atoms with Crippen molar-refractivity contribution in [2.45, 2.75) is 0 Å². The Labute approximate surface area is 376 Å². The number of hydrogen-bond donors (Lipinski definition) is 4. The van der Waals surface area contributed by atoms with Gasteiger partial charge in [0.05, 0.1) is 10.5 Å². The van der Waals surface area contributed by atoms with Crippen LogP contribution < -0.4 is 37.0 Å². The molecule has 0 radical (unpaired) electrons. The number of nitrogens with one attached hydrogen (secondary N) is 2. The lowest BCUT2D eigenvalue weighted by molar-refractivity contribution is -0.385. The second-order valence-electron chi connectivity index (χ2n) is 14.5. The summed E-state index contributed by atoms with van der Waals surface area (Å²) < 4.78 is 0. The number of nitrogens with zero attached hydrogens (tertiary/aromatic N) is 1. The zero-order valence-corrected chi connectivity index (χ0v) is 35.7. The fraction of sp³-hybridized carbons (Fsp3) is 0. The third-order valence-corrected chi connectivity index (χ3v) is 14.5. The predicted molar refractivity (Wildman–Crippen MR) is 260 cm³/mol. The fourth-order valence-corrected chi connectivity index (χ4v) is 11.4. The molecule has 4 N–H and O–H groups in total. The molecular formula is C54H42N3O7P. The van der Waals surface area contributed by atoms with Crippen molar-refractivity contribution in [3.05, 3.63) is 252 Å². The lowest BCUT2D eigenvalue weighted by atomic mass is 10.1. The standard InChI is InChI=1S/C24H19OP.C17H13NO2.C13H10N2O4/c25-20-16-18-24(19-17-20)26(21-10-4-1-5-11-21,22-12-6-2-7-13-22)23-14-8-3-9-15-23;19-16-11-13-7-5-4-6-12(13)10-15(16)17(20)18-14-8-2-1-3-9-14;16-12-7-6-10(15(18)19)8-11(12)13(17)14-9-4-2-1-3-5-9/h1-19H;1-11,19H,(H,18,20);1-8,16H,(H,14,17). The molecule has 65 heavy (non-hydrogen) atoms. The van der Waals surface area contributed by atoms with E-state index in [1.54, 1.807) is 66.7 Å². The van der Waals surface area contributed by atoms with Gasteiger partial charge < -0.3 is 26.0 Å². The number of para-hydroxylation sites is 2. The first-order valence-corrected chi connectivity index (χ1v) is 22.2. The SMILES string of the molecule is O=C(Nc1ccccc1)c1cc([N+](=O)[O-])ccc1[O-].O=C(Nc1ccccc1)c1cc2ccccc2cc1O.Oc1ccc([P+](c2ccccc2)(c2ccccc2)c2ccccc2)cc1. The van der Waals surface area contributed by atoms with Gasteiger partial charge in [-0.25, -0.2) is 0 Å². The van der Waals surface area contributed by atoms with Crippen LogP contribution in [0.4, 0.5) is 17.1 Å². The van der Waals surface area contributed by atoms with Crippen molar-refractivity contribution in [2.24, 2.45) is 0 Å². The van der Waals surface area contributed by atoms with E-state index in [1.807, 2.05) is 42.5 Å². The average molecular weight is 876 g/mol. The van der Waals surface area contributed by atoms with Crippen LogP contribution in [0.2, 0.25) is 0 Å². The second-order valence-corrected chi connectivity index (χ2v) is 17.9. The smallest absolute Gasteiger partial charge is 0.270 e. The lowest BCUT2D eigenvalue weighted by Gasteiger charge is -2.27. The highest BCUT2D eigenvalue weighted by Gasteiger charge is 2.47. The average Bonchev–Trinajstić information content (AvgIpc) is 3.34. The molecule has 9 aromatic carbocycles. The Balaban J connectivity index is 0.000000148. The topological polar surface area (TPSA) is 165 Å². The Morgan fingerprint density at radius 1 is 0.446 bits per heavy atom. The summed E-state index contributed by atoms with van der Waals surface area (Å²) in [6.45, 7) is 0. The van der Waals surface area contributed by atoms with Crippen LogP contribution in [0, 0.1) is 10.1 Å². The van der Waals surface area contributed by atoms with Gasteiger partial charge in [-0.3, -0.25) is 19.7 Å². The van der Waals surface area contributed by atoms with Crippen LogP contribution in [-0.2, 0) is 0 Å². The summed E-state index contributed by atoms with van der Waals surface area (Å²) >= 11 is 0. The van der Waals surface area contributed by atoms with Gasteiger partial charge in [0.1, 0.15) is 40.0 Å². The van der Waals surface area contributed by atoms with Gasteiger partial charge in [-0.1, -0.05) is 127 Å². The van der Waals surface area contributed by atoms with Crippen molar-refractivity contribution in [1.29, 1.82) is 0 Å². The zero-order valence-electron chi connectivity index (χ0n) is 34.8. The van der Waals surface area contributed by atoms with Crippen molar-refractivity contribution >= 4 is 68.1 Å². The van der Waals surface area contributed by atoms with Gasteiger partial charge >= 0.3 is 0 Å². The minimum absolute atomic E-state index is 0.0165. The number of rotatable bonds is 9. The molecule has 0 spiro atoms. The normalized spacial score (nSPS) is 10.6. The van der Waals surface area contributed by atoms with E-state index in [1.165, 1.54) is 21.2 Å². The number of phenols is 2. The molecule has 0 saturated heterocycles. The largest absolute Gasteiger partial charge is 0.872 e. The molecule has 0 unspecified atom stereocenters. The van der Waals surface area contributed by atoms with Gasteiger partial charge in [0.25, 0.3) is 17.5 Å². The molecule has 2 amide bonds. The number of nitro benzene ring substituents is 1. The van der Waals surface area contributed by atoms with E-state index >= 15 is 0 Å². The molecule has 0 atom stereocenters. The first-order chi connectivity index (χ1) is 31.6. The number of nitro groups is 1. The number of phenolic OH excluding ortho intramolecular Hbond substituents is 2. The molecule has 0 aliphatic carbocycles. The van der Waals surface area contributed by atoms with E-state index in [0.717, 1.165) is 29.0 Å². The molecule has 9 aromatic rings.